The number of esters is 2. The summed E-state index contributed by atoms with van der Waals surface area (Å²) in [6, 6.07) is 0. The van der Waals surface area contributed by atoms with Gasteiger partial charge in [0.15, 0.2) is 6.10 Å². The van der Waals surface area contributed by atoms with Gasteiger partial charge < -0.3 is 19.3 Å². The normalized spacial score (nSPS) is 37.4. The average molecular weight is 250 g/mol. The standard InChI is InChI=1S/C10H15FO6/c1-4-8(14)9(16-5(2)12)7(11)10(15-4)17-6(3)13/h4,7-10,14H,1-3H3/t4-,7-,8+,9-,10?/m0/s1. The van der Waals surface area contributed by atoms with E-state index in [4.69, 9.17) is 4.74 Å². The number of alkyl halides is 1. The first-order valence-electron chi connectivity index (χ1n) is 5.15. The zero-order chi connectivity index (χ0) is 13.2. The molecule has 1 aliphatic rings. The quantitative estimate of drug-likeness (QED) is 0.690. The van der Waals surface area contributed by atoms with Crippen molar-refractivity contribution in [3.63, 3.8) is 0 Å². The van der Waals surface area contributed by atoms with Crippen molar-refractivity contribution in [2.24, 2.45) is 0 Å². The maximum Gasteiger partial charge on any atom is 0.305 e. The molecule has 1 aliphatic heterocycles. The summed E-state index contributed by atoms with van der Waals surface area (Å²) in [5, 5.41) is 9.63. The van der Waals surface area contributed by atoms with Crippen LogP contribution in [0.15, 0.2) is 0 Å². The van der Waals surface area contributed by atoms with Crippen molar-refractivity contribution >= 4 is 11.9 Å². The van der Waals surface area contributed by atoms with Gasteiger partial charge in [-0.25, -0.2) is 4.39 Å². The Kier molecular flexibility index (Phi) is 4.41. The Morgan fingerprint density at radius 1 is 1.24 bits per heavy atom. The van der Waals surface area contributed by atoms with Crippen LogP contribution >= 0.6 is 0 Å². The maximum absolute atomic E-state index is 13.8. The molecule has 0 saturated carbocycles. The number of aliphatic hydroxyl groups is 1. The lowest BCUT2D eigenvalue weighted by Gasteiger charge is -2.38. The molecule has 1 heterocycles. The van der Waals surface area contributed by atoms with Crippen molar-refractivity contribution in [1.29, 1.82) is 0 Å². The van der Waals surface area contributed by atoms with E-state index in [1.807, 2.05) is 0 Å². The molecule has 1 N–H and O–H groups in total. The molecule has 0 amide bonds. The summed E-state index contributed by atoms with van der Waals surface area (Å²) >= 11 is 0. The Labute approximate surface area is 97.6 Å². The third-order valence-electron chi connectivity index (χ3n) is 2.32. The van der Waals surface area contributed by atoms with Gasteiger partial charge in [-0.05, 0) is 6.92 Å². The average Bonchev–Trinajstić information content (AvgIpc) is 2.20. The number of ether oxygens (including phenoxy) is 3. The van der Waals surface area contributed by atoms with Crippen LogP contribution < -0.4 is 0 Å². The van der Waals surface area contributed by atoms with Gasteiger partial charge in [0.1, 0.15) is 6.10 Å². The molecular weight excluding hydrogens is 235 g/mol. The van der Waals surface area contributed by atoms with Gasteiger partial charge in [-0.3, -0.25) is 9.59 Å². The fourth-order valence-electron chi connectivity index (χ4n) is 1.56. The molecule has 0 aromatic heterocycles. The van der Waals surface area contributed by atoms with Crippen LogP contribution in [0.5, 0.6) is 0 Å². The number of carbonyl (C=O) groups is 2. The fourth-order valence-corrected chi connectivity index (χ4v) is 1.56. The number of hydrogen-bond donors (Lipinski definition) is 1. The summed E-state index contributed by atoms with van der Waals surface area (Å²) in [5.41, 5.74) is 0. The van der Waals surface area contributed by atoms with Gasteiger partial charge in [-0.2, -0.15) is 0 Å². The van der Waals surface area contributed by atoms with E-state index in [1.54, 1.807) is 0 Å². The molecule has 0 aromatic carbocycles. The van der Waals surface area contributed by atoms with Gasteiger partial charge in [0.05, 0.1) is 6.10 Å². The van der Waals surface area contributed by atoms with Crippen molar-refractivity contribution in [3.8, 4) is 0 Å². The Hall–Kier alpha value is -1.21. The minimum Gasteiger partial charge on any atom is -0.456 e. The van der Waals surface area contributed by atoms with Crippen molar-refractivity contribution in [3.05, 3.63) is 0 Å². The van der Waals surface area contributed by atoms with Crippen LogP contribution in [0.1, 0.15) is 20.8 Å². The fraction of sp³-hybridized carbons (Fsp3) is 0.800. The van der Waals surface area contributed by atoms with Crippen molar-refractivity contribution in [2.45, 2.75) is 51.5 Å². The van der Waals surface area contributed by atoms with Crippen molar-refractivity contribution in [1.82, 2.24) is 0 Å². The topological polar surface area (TPSA) is 82.1 Å². The molecule has 0 radical (unpaired) electrons. The second-order valence-electron chi connectivity index (χ2n) is 3.83. The van der Waals surface area contributed by atoms with E-state index in [0.29, 0.717) is 0 Å². The highest BCUT2D eigenvalue weighted by molar-refractivity contribution is 5.66. The second kappa shape index (κ2) is 5.42. The summed E-state index contributed by atoms with van der Waals surface area (Å²) in [6.45, 7) is 3.66. The van der Waals surface area contributed by atoms with Crippen molar-refractivity contribution < 1.29 is 33.3 Å². The molecule has 0 spiro atoms. The van der Waals surface area contributed by atoms with E-state index in [2.05, 4.69) is 9.47 Å². The minimum atomic E-state index is -1.92. The molecule has 0 aliphatic carbocycles. The predicted octanol–water partition coefficient (Wildman–Crippen LogP) is -0.0750. The highest BCUT2D eigenvalue weighted by Gasteiger charge is 2.47. The first kappa shape index (κ1) is 13.9. The van der Waals surface area contributed by atoms with E-state index in [0.717, 1.165) is 13.8 Å². The van der Waals surface area contributed by atoms with Crippen LogP contribution in [0.2, 0.25) is 0 Å². The molecule has 1 fully saturated rings. The largest absolute Gasteiger partial charge is 0.456 e. The Balaban J connectivity index is 2.78. The lowest BCUT2D eigenvalue weighted by atomic mass is 10.0. The Morgan fingerprint density at radius 2 is 1.76 bits per heavy atom. The Morgan fingerprint density at radius 3 is 2.24 bits per heavy atom. The first-order valence-corrected chi connectivity index (χ1v) is 5.15. The summed E-state index contributed by atoms with van der Waals surface area (Å²) in [6.07, 6.45) is -6.92. The SMILES string of the molecule is CC(=O)OC1O[C@@H](C)[C@@H](O)[C@@H](OC(C)=O)[C@@H]1F. The monoisotopic (exact) mass is 250 g/mol. The minimum absolute atomic E-state index is 0.720. The Bertz CT molecular complexity index is 307. The third kappa shape index (κ3) is 3.37. The number of halogens is 1. The smallest absolute Gasteiger partial charge is 0.305 e. The second-order valence-corrected chi connectivity index (χ2v) is 3.83. The van der Waals surface area contributed by atoms with Gasteiger partial charge in [-0.15, -0.1) is 0 Å². The summed E-state index contributed by atoms with van der Waals surface area (Å²) < 4.78 is 28.0. The van der Waals surface area contributed by atoms with E-state index >= 15 is 0 Å². The van der Waals surface area contributed by atoms with Crippen LogP contribution in [-0.4, -0.2) is 47.8 Å². The van der Waals surface area contributed by atoms with Crippen LogP contribution in [0.25, 0.3) is 0 Å². The number of hydrogen-bond acceptors (Lipinski definition) is 6. The van der Waals surface area contributed by atoms with Gasteiger partial charge in [0.25, 0.3) is 0 Å². The third-order valence-corrected chi connectivity index (χ3v) is 2.32. The van der Waals surface area contributed by atoms with Crippen LogP contribution in [0.4, 0.5) is 4.39 Å². The van der Waals surface area contributed by atoms with Crippen LogP contribution in [-0.2, 0) is 23.8 Å². The van der Waals surface area contributed by atoms with Crippen LogP contribution in [0.3, 0.4) is 0 Å². The van der Waals surface area contributed by atoms with Gasteiger partial charge >= 0.3 is 11.9 Å². The molecule has 0 aromatic rings. The van der Waals surface area contributed by atoms with E-state index in [1.165, 1.54) is 6.92 Å². The molecule has 7 heteroatoms. The molecule has 0 bridgehead atoms. The molecule has 98 valence electrons. The molecule has 5 atom stereocenters. The van der Waals surface area contributed by atoms with Crippen molar-refractivity contribution in [2.75, 3.05) is 0 Å². The lowest BCUT2D eigenvalue weighted by Crippen LogP contribution is -2.57. The van der Waals surface area contributed by atoms with E-state index in [-0.39, 0.29) is 0 Å². The van der Waals surface area contributed by atoms with Gasteiger partial charge in [0, 0.05) is 13.8 Å². The summed E-state index contributed by atoms with van der Waals surface area (Å²) in [7, 11) is 0. The molecule has 1 rings (SSSR count). The number of aliphatic hydroxyl groups excluding tert-OH is 1. The maximum atomic E-state index is 13.8. The predicted molar refractivity (Wildman–Crippen MR) is 52.6 cm³/mol. The molecule has 17 heavy (non-hydrogen) atoms. The molecule has 1 saturated heterocycles. The summed E-state index contributed by atoms with van der Waals surface area (Å²) in [5.74, 6) is -1.45. The van der Waals surface area contributed by atoms with Gasteiger partial charge in [-0.1, -0.05) is 0 Å². The number of rotatable bonds is 2. The number of carbonyl (C=O) groups excluding carboxylic acids is 2. The van der Waals surface area contributed by atoms with E-state index < -0.39 is 42.7 Å². The van der Waals surface area contributed by atoms with Gasteiger partial charge in [0.2, 0.25) is 12.5 Å². The lowest BCUT2D eigenvalue weighted by molar-refractivity contribution is -0.272. The highest BCUT2D eigenvalue weighted by atomic mass is 19.1. The first-order chi connectivity index (χ1) is 7.82. The highest BCUT2D eigenvalue weighted by Crippen LogP contribution is 2.26. The zero-order valence-electron chi connectivity index (χ0n) is 9.75. The summed E-state index contributed by atoms with van der Waals surface area (Å²) in [4.78, 5) is 21.5. The zero-order valence-corrected chi connectivity index (χ0v) is 9.75. The molecular formula is C10H15FO6. The molecule has 1 unspecified atom stereocenters. The van der Waals surface area contributed by atoms with Crippen LogP contribution in [0, 0.1) is 0 Å². The van der Waals surface area contributed by atoms with E-state index in [9.17, 15) is 19.1 Å². The molecule has 6 nitrogen and oxygen atoms in total.